The summed E-state index contributed by atoms with van der Waals surface area (Å²) in [5.74, 6) is 1.02. The topological polar surface area (TPSA) is 80.4 Å². The number of hydrogen-bond acceptors (Lipinski definition) is 8. The number of ether oxygens (including phenoxy) is 3. The fourth-order valence-corrected chi connectivity index (χ4v) is 5.08. The van der Waals surface area contributed by atoms with Gasteiger partial charge in [-0.15, -0.1) is 0 Å². The lowest BCUT2D eigenvalue weighted by atomic mass is 10.1. The van der Waals surface area contributed by atoms with Crippen LogP contribution < -0.4 is 9.64 Å². The second-order valence-electron chi connectivity index (χ2n) is 9.95. The van der Waals surface area contributed by atoms with Crippen molar-refractivity contribution in [1.29, 1.82) is 0 Å². The molecule has 0 spiro atoms. The van der Waals surface area contributed by atoms with Crippen LogP contribution in [0.15, 0.2) is 53.1 Å². The van der Waals surface area contributed by atoms with Gasteiger partial charge >= 0.3 is 0 Å². The second kappa shape index (κ2) is 12.7. The quantitative estimate of drug-likeness (QED) is 0.402. The number of rotatable bonds is 11. The molecule has 1 aromatic heterocycles. The summed E-state index contributed by atoms with van der Waals surface area (Å²) in [6.45, 7) is 6.79. The van der Waals surface area contributed by atoms with Gasteiger partial charge in [-0.1, -0.05) is 35.5 Å². The lowest BCUT2D eigenvalue weighted by Gasteiger charge is -2.30. The van der Waals surface area contributed by atoms with Crippen molar-refractivity contribution < 1.29 is 28.2 Å². The SMILES string of the molecule is Cc1ccccc1OC[C@H](O)CN(Cc1c(-c2ccccc2F)noc1N1CCOCC1)C[C@@H]1CCCO1. The highest BCUT2D eigenvalue weighted by Gasteiger charge is 2.29. The molecule has 0 saturated carbocycles. The Kier molecular flexibility index (Phi) is 8.90. The Morgan fingerprint density at radius 3 is 2.68 bits per heavy atom. The third-order valence-electron chi connectivity index (χ3n) is 7.06. The van der Waals surface area contributed by atoms with Crippen LogP contribution in [-0.2, 0) is 16.0 Å². The molecule has 0 aliphatic carbocycles. The van der Waals surface area contributed by atoms with Crippen LogP contribution in [0, 0.1) is 12.7 Å². The van der Waals surface area contributed by atoms with E-state index in [-0.39, 0.29) is 18.5 Å². The van der Waals surface area contributed by atoms with Crippen molar-refractivity contribution >= 4 is 5.88 Å². The molecule has 204 valence electrons. The molecule has 2 aliphatic rings. The van der Waals surface area contributed by atoms with Gasteiger partial charge in [0, 0.05) is 44.9 Å². The number of morpholine rings is 1. The predicted octanol–water partition coefficient (Wildman–Crippen LogP) is 4.05. The zero-order valence-electron chi connectivity index (χ0n) is 21.9. The summed E-state index contributed by atoms with van der Waals surface area (Å²) in [6.07, 6.45) is 1.32. The average Bonchev–Trinajstić information content (AvgIpc) is 3.59. The highest BCUT2D eigenvalue weighted by molar-refractivity contribution is 5.69. The van der Waals surface area contributed by atoms with Gasteiger partial charge in [0.25, 0.3) is 0 Å². The minimum absolute atomic E-state index is 0.0723. The van der Waals surface area contributed by atoms with Crippen LogP contribution in [0.2, 0.25) is 0 Å². The number of aliphatic hydroxyl groups excluding tert-OH is 1. The van der Waals surface area contributed by atoms with E-state index in [2.05, 4.69) is 15.0 Å². The summed E-state index contributed by atoms with van der Waals surface area (Å²) in [4.78, 5) is 4.24. The van der Waals surface area contributed by atoms with Crippen molar-refractivity contribution in [2.45, 2.75) is 38.5 Å². The highest BCUT2D eigenvalue weighted by atomic mass is 19.1. The van der Waals surface area contributed by atoms with E-state index in [0.29, 0.717) is 63.1 Å². The number of benzene rings is 2. The summed E-state index contributed by atoms with van der Waals surface area (Å²) < 4.78 is 38.1. The Morgan fingerprint density at radius 1 is 1.13 bits per heavy atom. The number of nitrogens with zero attached hydrogens (tertiary/aromatic N) is 3. The van der Waals surface area contributed by atoms with Gasteiger partial charge in [0.15, 0.2) is 0 Å². The summed E-state index contributed by atoms with van der Waals surface area (Å²) >= 11 is 0. The van der Waals surface area contributed by atoms with E-state index in [1.807, 2.05) is 31.2 Å². The first-order valence-electron chi connectivity index (χ1n) is 13.3. The Hall–Kier alpha value is -2.98. The van der Waals surface area contributed by atoms with Crippen LogP contribution in [-0.4, -0.2) is 80.0 Å². The number of anilines is 1. The molecule has 0 amide bonds. The van der Waals surface area contributed by atoms with E-state index < -0.39 is 6.10 Å². The third-order valence-corrected chi connectivity index (χ3v) is 7.06. The van der Waals surface area contributed by atoms with Crippen molar-refractivity contribution in [3.05, 3.63) is 65.5 Å². The highest BCUT2D eigenvalue weighted by Crippen LogP contribution is 2.34. The van der Waals surface area contributed by atoms with Gasteiger partial charge in [0.2, 0.25) is 5.88 Å². The standard InChI is InChI=1S/C29H36FN3O5/c1-21-7-2-5-11-27(21)37-20-22(34)17-32(18-23-8-6-14-36-23)19-25-28(24-9-3-4-10-26(24)30)31-38-29(25)33-12-15-35-16-13-33/h2-5,7,9-11,22-23,34H,6,8,12-20H2,1H3/t22-,23+/m1/s1. The zero-order chi connectivity index (χ0) is 26.3. The average molecular weight is 526 g/mol. The lowest BCUT2D eigenvalue weighted by Crippen LogP contribution is -2.40. The van der Waals surface area contributed by atoms with Gasteiger partial charge in [-0.05, 0) is 43.5 Å². The van der Waals surface area contributed by atoms with Gasteiger partial charge in [-0.25, -0.2) is 4.39 Å². The van der Waals surface area contributed by atoms with Gasteiger partial charge in [0.05, 0.1) is 24.9 Å². The number of aliphatic hydroxyl groups is 1. The molecule has 5 rings (SSSR count). The van der Waals surface area contributed by atoms with E-state index in [0.717, 1.165) is 36.3 Å². The molecule has 2 aromatic carbocycles. The monoisotopic (exact) mass is 525 g/mol. The maximum Gasteiger partial charge on any atom is 0.232 e. The van der Waals surface area contributed by atoms with Crippen molar-refractivity contribution in [3.8, 4) is 17.0 Å². The Morgan fingerprint density at radius 2 is 1.92 bits per heavy atom. The third kappa shape index (κ3) is 6.53. The van der Waals surface area contributed by atoms with E-state index in [9.17, 15) is 9.50 Å². The molecular formula is C29H36FN3O5. The molecule has 0 unspecified atom stereocenters. The number of aromatic nitrogens is 1. The molecule has 1 N–H and O–H groups in total. The largest absolute Gasteiger partial charge is 0.491 e. The minimum Gasteiger partial charge on any atom is -0.491 e. The second-order valence-corrected chi connectivity index (χ2v) is 9.95. The fraction of sp³-hybridized carbons (Fsp3) is 0.483. The molecule has 9 heteroatoms. The molecule has 0 radical (unpaired) electrons. The van der Waals surface area contributed by atoms with Gasteiger partial charge in [0.1, 0.15) is 30.0 Å². The molecule has 3 heterocycles. The van der Waals surface area contributed by atoms with Crippen molar-refractivity contribution in [2.24, 2.45) is 0 Å². The Balaban J connectivity index is 1.39. The first kappa shape index (κ1) is 26.6. The van der Waals surface area contributed by atoms with Crippen LogP contribution in [0.5, 0.6) is 5.75 Å². The minimum atomic E-state index is -0.736. The molecule has 2 atom stereocenters. The molecular weight excluding hydrogens is 489 g/mol. The van der Waals surface area contributed by atoms with Crippen LogP contribution >= 0.6 is 0 Å². The maximum absolute atomic E-state index is 14.9. The van der Waals surface area contributed by atoms with E-state index >= 15 is 0 Å². The molecule has 2 fully saturated rings. The van der Waals surface area contributed by atoms with Crippen molar-refractivity contribution in [3.63, 3.8) is 0 Å². The van der Waals surface area contributed by atoms with Gasteiger partial charge in [-0.2, -0.15) is 0 Å². The van der Waals surface area contributed by atoms with Gasteiger partial charge < -0.3 is 28.7 Å². The number of para-hydroxylation sites is 1. The molecule has 0 bridgehead atoms. The fourth-order valence-electron chi connectivity index (χ4n) is 5.08. The van der Waals surface area contributed by atoms with E-state index in [4.69, 9.17) is 18.7 Å². The predicted molar refractivity (Wildman–Crippen MR) is 142 cm³/mol. The maximum atomic E-state index is 14.9. The number of halogens is 1. The van der Waals surface area contributed by atoms with E-state index in [1.54, 1.807) is 18.2 Å². The molecule has 3 aromatic rings. The van der Waals surface area contributed by atoms with Gasteiger partial charge in [-0.3, -0.25) is 4.90 Å². The zero-order valence-corrected chi connectivity index (χ0v) is 21.9. The first-order valence-corrected chi connectivity index (χ1v) is 13.3. The van der Waals surface area contributed by atoms with E-state index in [1.165, 1.54) is 6.07 Å². The van der Waals surface area contributed by atoms with Crippen LogP contribution in [0.25, 0.3) is 11.3 Å². The number of hydrogen-bond donors (Lipinski definition) is 1. The van der Waals surface area contributed by atoms with Crippen molar-refractivity contribution in [2.75, 3.05) is 57.5 Å². The van der Waals surface area contributed by atoms with Crippen LogP contribution in [0.3, 0.4) is 0 Å². The normalized spacial score (nSPS) is 18.7. The molecule has 2 saturated heterocycles. The lowest BCUT2D eigenvalue weighted by molar-refractivity contribution is 0.0312. The summed E-state index contributed by atoms with van der Waals surface area (Å²) in [7, 11) is 0. The summed E-state index contributed by atoms with van der Waals surface area (Å²) in [6, 6.07) is 14.4. The van der Waals surface area contributed by atoms with Crippen LogP contribution in [0.4, 0.5) is 10.3 Å². The molecule has 2 aliphatic heterocycles. The Bertz CT molecular complexity index is 1180. The first-order chi connectivity index (χ1) is 18.6. The number of aryl methyl sites for hydroxylation is 1. The van der Waals surface area contributed by atoms with Crippen molar-refractivity contribution in [1.82, 2.24) is 10.1 Å². The molecule has 38 heavy (non-hydrogen) atoms. The summed E-state index contributed by atoms with van der Waals surface area (Å²) in [5, 5.41) is 15.3. The van der Waals surface area contributed by atoms with Crippen LogP contribution in [0.1, 0.15) is 24.0 Å². The summed E-state index contributed by atoms with van der Waals surface area (Å²) in [5.41, 5.74) is 2.69. The Labute approximate surface area is 222 Å². The smallest absolute Gasteiger partial charge is 0.232 e. The molecule has 8 nitrogen and oxygen atoms in total.